The number of nitrogens with zero attached hydrogens (tertiary/aromatic N) is 3. The maximum atomic E-state index is 4.31. The molecular formula is C12H10BrN3. The zero-order valence-electron chi connectivity index (χ0n) is 8.81. The van der Waals surface area contributed by atoms with E-state index in [4.69, 9.17) is 0 Å². The van der Waals surface area contributed by atoms with Crippen LogP contribution in [0.25, 0.3) is 11.4 Å². The van der Waals surface area contributed by atoms with Gasteiger partial charge >= 0.3 is 0 Å². The maximum Gasteiger partial charge on any atom is 0.142 e. The first-order valence-corrected chi connectivity index (χ1v) is 5.62. The molecule has 0 radical (unpaired) electrons. The summed E-state index contributed by atoms with van der Waals surface area (Å²) in [4.78, 5) is 8.44. The number of aromatic nitrogens is 3. The van der Waals surface area contributed by atoms with Crippen molar-refractivity contribution in [2.24, 2.45) is 0 Å². The van der Waals surface area contributed by atoms with E-state index < -0.39 is 0 Å². The third-order valence-corrected chi connectivity index (χ3v) is 2.54. The molecule has 0 aliphatic carbocycles. The molecule has 0 atom stereocenters. The molecule has 0 aliphatic heterocycles. The topological polar surface area (TPSA) is 30.7 Å². The lowest BCUT2D eigenvalue weighted by atomic mass is 10.3. The fourth-order valence-corrected chi connectivity index (χ4v) is 1.76. The summed E-state index contributed by atoms with van der Waals surface area (Å²) in [5, 5.41) is 0. The van der Waals surface area contributed by atoms with Crippen LogP contribution >= 0.6 is 15.9 Å². The Morgan fingerprint density at radius 3 is 3.06 bits per heavy atom. The molecule has 4 heteroatoms. The van der Waals surface area contributed by atoms with Gasteiger partial charge in [0.25, 0.3) is 0 Å². The molecule has 0 N–H and O–H groups in total. The van der Waals surface area contributed by atoms with Crippen LogP contribution in [0.4, 0.5) is 0 Å². The van der Waals surface area contributed by atoms with E-state index in [2.05, 4.69) is 37.7 Å². The third-order valence-electron chi connectivity index (χ3n) is 2.10. The van der Waals surface area contributed by atoms with Crippen LogP contribution in [0.15, 0.2) is 35.3 Å². The lowest BCUT2D eigenvalue weighted by Gasteiger charge is -2.03. The summed E-state index contributed by atoms with van der Waals surface area (Å²) in [6.07, 6.45) is 7.24. The highest BCUT2D eigenvalue weighted by atomic mass is 79.9. The number of hydrogen-bond donors (Lipinski definition) is 0. The summed E-state index contributed by atoms with van der Waals surface area (Å²) in [6.45, 7) is 2.48. The Hall–Kier alpha value is -1.60. The average Bonchev–Trinajstić information content (AvgIpc) is 2.74. The van der Waals surface area contributed by atoms with Crippen LogP contribution in [0.3, 0.4) is 0 Å². The monoisotopic (exact) mass is 275 g/mol. The third kappa shape index (κ3) is 2.31. The van der Waals surface area contributed by atoms with Gasteiger partial charge in [-0.1, -0.05) is 5.92 Å². The van der Waals surface area contributed by atoms with Crippen LogP contribution in [-0.4, -0.2) is 14.5 Å². The van der Waals surface area contributed by atoms with Crippen LogP contribution in [0, 0.1) is 11.8 Å². The van der Waals surface area contributed by atoms with E-state index in [0.717, 1.165) is 15.9 Å². The number of pyridine rings is 1. The van der Waals surface area contributed by atoms with E-state index in [1.54, 1.807) is 18.6 Å². The van der Waals surface area contributed by atoms with E-state index in [0.29, 0.717) is 6.54 Å². The Kier molecular flexibility index (Phi) is 3.37. The molecule has 2 aromatic heterocycles. The first-order valence-electron chi connectivity index (χ1n) is 4.83. The number of hydrogen-bond acceptors (Lipinski definition) is 2. The first kappa shape index (κ1) is 10.9. The second-order valence-electron chi connectivity index (χ2n) is 3.20. The van der Waals surface area contributed by atoms with Gasteiger partial charge in [0.15, 0.2) is 0 Å². The summed E-state index contributed by atoms with van der Waals surface area (Å²) in [7, 11) is 0. The summed E-state index contributed by atoms with van der Waals surface area (Å²) in [5.74, 6) is 6.77. The van der Waals surface area contributed by atoms with Crippen molar-refractivity contribution in [2.45, 2.75) is 13.5 Å². The minimum Gasteiger partial charge on any atom is -0.319 e. The molecule has 80 valence electrons. The lowest BCUT2D eigenvalue weighted by molar-refractivity contribution is 0.849. The fourth-order valence-electron chi connectivity index (χ4n) is 1.40. The zero-order valence-corrected chi connectivity index (χ0v) is 10.4. The molecule has 0 bridgehead atoms. The molecule has 0 amide bonds. The Morgan fingerprint density at radius 2 is 2.31 bits per heavy atom. The molecule has 16 heavy (non-hydrogen) atoms. The predicted molar refractivity (Wildman–Crippen MR) is 66.6 cm³/mol. The van der Waals surface area contributed by atoms with Crippen LogP contribution < -0.4 is 0 Å². The highest BCUT2D eigenvalue weighted by Gasteiger charge is 2.05. The number of halogens is 1. The molecule has 2 aromatic rings. The lowest BCUT2D eigenvalue weighted by Crippen LogP contribution is -1.97. The molecular weight excluding hydrogens is 266 g/mol. The smallest absolute Gasteiger partial charge is 0.142 e. The largest absolute Gasteiger partial charge is 0.319 e. The van der Waals surface area contributed by atoms with Gasteiger partial charge in [0.2, 0.25) is 0 Å². The van der Waals surface area contributed by atoms with Crippen LogP contribution in [0.5, 0.6) is 0 Å². The van der Waals surface area contributed by atoms with Crippen molar-refractivity contribution in [2.75, 3.05) is 0 Å². The van der Waals surface area contributed by atoms with Gasteiger partial charge < -0.3 is 4.57 Å². The number of rotatable bonds is 2. The van der Waals surface area contributed by atoms with Gasteiger partial charge in [-0.2, -0.15) is 0 Å². The molecule has 0 saturated carbocycles. The average molecular weight is 276 g/mol. The van der Waals surface area contributed by atoms with Gasteiger partial charge in [0.05, 0.1) is 6.54 Å². The molecule has 0 saturated heterocycles. The number of imidazole rings is 1. The van der Waals surface area contributed by atoms with Crippen molar-refractivity contribution in [1.82, 2.24) is 14.5 Å². The predicted octanol–water partition coefficient (Wildman–Crippen LogP) is 2.73. The van der Waals surface area contributed by atoms with E-state index >= 15 is 0 Å². The van der Waals surface area contributed by atoms with Crippen LogP contribution in [-0.2, 0) is 6.54 Å². The summed E-state index contributed by atoms with van der Waals surface area (Å²) in [5.41, 5.74) is 0.984. The van der Waals surface area contributed by atoms with Gasteiger partial charge in [0, 0.05) is 34.8 Å². The Morgan fingerprint density at radius 1 is 1.44 bits per heavy atom. The minimum absolute atomic E-state index is 0.651. The maximum absolute atomic E-state index is 4.31. The summed E-state index contributed by atoms with van der Waals surface area (Å²) >= 11 is 3.40. The minimum atomic E-state index is 0.651. The van der Waals surface area contributed by atoms with Crippen molar-refractivity contribution in [1.29, 1.82) is 0 Å². The normalized spacial score (nSPS) is 9.62. The van der Waals surface area contributed by atoms with Gasteiger partial charge in [-0.15, -0.1) is 5.92 Å². The molecule has 0 spiro atoms. The Balaban J connectivity index is 2.39. The van der Waals surface area contributed by atoms with Gasteiger partial charge in [-0.25, -0.2) is 4.98 Å². The standard InChI is InChI=1S/C12H10BrN3/c1-2-3-5-16-6-4-15-12(16)10-7-11(13)9-14-8-10/h4,6-9H,5H2,1H3. The summed E-state index contributed by atoms with van der Waals surface area (Å²) in [6, 6.07) is 1.99. The van der Waals surface area contributed by atoms with Crippen LogP contribution in [0.2, 0.25) is 0 Å². The van der Waals surface area contributed by atoms with E-state index in [9.17, 15) is 0 Å². The molecule has 0 fully saturated rings. The highest BCUT2D eigenvalue weighted by molar-refractivity contribution is 9.10. The molecule has 0 aromatic carbocycles. The second kappa shape index (κ2) is 4.95. The Labute approximate surface area is 103 Å². The molecule has 2 rings (SSSR count). The molecule has 3 nitrogen and oxygen atoms in total. The van der Waals surface area contributed by atoms with Gasteiger partial charge in [-0.3, -0.25) is 4.98 Å². The van der Waals surface area contributed by atoms with Crippen molar-refractivity contribution < 1.29 is 0 Å². The van der Waals surface area contributed by atoms with Crippen LogP contribution in [0.1, 0.15) is 6.92 Å². The van der Waals surface area contributed by atoms with Crippen molar-refractivity contribution >= 4 is 15.9 Å². The molecule has 0 unspecified atom stereocenters. The van der Waals surface area contributed by atoms with Gasteiger partial charge in [0.1, 0.15) is 5.82 Å². The SMILES string of the molecule is CC#CCn1ccnc1-c1cncc(Br)c1. The van der Waals surface area contributed by atoms with Crippen molar-refractivity contribution in [3.63, 3.8) is 0 Å². The van der Waals surface area contributed by atoms with E-state index in [1.807, 2.05) is 23.8 Å². The van der Waals surface area contributed by atoms with Crippen molar-refractivity contribution in [3.8, 4) is 23.2 Å². The second-order valence-corrected chi connectivity index (χ2v) is 4.11. The van der Waals surface area contributed by atoms with Crippen molar-refractivity contribution in [3.05, 3.63) is 35.3 Å². The Bertz CT molecular complexity index is 549. The fraction of sp³-hybridized carbons (Fsp3) is 0.167. The first-order chi connectivity index (χ1) is 7.81. The van der Waals surface area contributed by atoms with E-state index in [1.165, 1.54) is 0 Å². The molecule has 0 aliphatic rings. The summed E-state index contributed by atoms with van der Waals surface area (Å²) < 4.78 is 2.95. The highest BCUT2D eigenvalue weighted by Crippen LogP contribution is 2.19. The quantitative estimate of drug-likeness (QED) is 0.790. The molecule has 2 heterocycles. The van der Waals surface area contributed by atoms with E-state index in [-0.39, 0.29) is 0 Å². The van der Waals surface area contributed by atoms with Gasteiger partial charge in [-0.05, 0) is 28.9 Å². The zero-order chi connectivity index (χ0) is 11.4.